The molecule has 0 aromatic carbocycles. The molecule has 0 bridgehead atoms. The Morgan fingerprint density at radius 2 is 1.88 bits per heavy atom. The van der Waals surface area contributed by atoms with Gasteiger partial charge in [0.25, 0.3) is 0 Å². The molecule has 1 N–H and O–H groups in total. The normalized spacial score (nSPS) is 34.6. The van der Waals surface area contributed by atoms with Gasteiger partial charge in [-0.15, -0.1) is 0 Å². The summed E-state index contributed by atoms with van der Waals surface area (Å²) in [5.41, 5.74) is 0. The van der Waals surface area contributed by atoms with E-state index in [4.69, 9.17) is 0 Å². The van der Waals surface area contributed by atoms with Crippen molar-refractivity contribution >= 4 is 0 Å². The highest BCUT2D eigenvalue weighted by Gasteiger charge is 2.31. The summed E-state index contributed by atoms with van der Waals surface area (Å²) >= 11 is 0. The van der Waals surface area contributed by atoms with Crippen molar-refractivity contribution in [1.82, 2.24) is 10.2 Å². The van der Waals surface area contributed by atoms with Crippen molar-refractivity contribution in [3.8, 4) is 0 Å². The zero-order valence-corrected chi connectivity index (χ0v) is 12.7. The summed E-state index contributed by atoms with van der Waals surface area (Å²) < 4.78 is 0. The van der Waals surface area contributed by atoms with Crippen LogP contribution in [0.5, 0.6) is 0 Å². The maximum atomic E-state index is 3.64. The molecule has 1 aliphatic heterocycles. The maximum Gasteiger partial charge on any atom is 0.0195 e. The third-order valence-electron chi connectivity index (χ3n) is 4.58. The van der Waals surface area contributed by atoms with E-state index in [-0.39, 0.29) is 0 Å². The highest BCUT2D eigenvalue weighted by Crippen LogP contribution is 2.28. The zero-order chi connectivity index (χ0) is 13.0. The highest BCUT2D eigenvalue weighted by molar-refractivity contribution is 4.86. The summed E-state index contributed by atoms with van der Waals surface area (Å²) in [6.07, 6.45) is 2.61. The molecular weight excluding hydrogens is 208 g/mol. The second-order valence-corrected chi connectivity index (χ2v) is 6.32. The van der Waals surface area contributed by atoms with E-state index in [1.54, 1.807) is 0 Å². The molecule has 0 aromatic rings. The van der Waals surface area contributed by atoms with Crippen LogP contribution in [-0.4, -0.2) is 36.1 Å². The topological polar surface area (TPSA) is 15.3 Å². The fraction of sp³-hybridized carbons (Fsp3) is 1.00. The van der Waals surface area contributed by atoms with Crippen LogP contribution in [0.2, 0.25) is 0 Å². The SMILES string of the molecule is CCC(C)NCC(C)N1CC(C)CC(C)C1C. The van der Waals surface area contributed by atoms with Gasteiger partial charge in [0.1, 0.15) is 0 Å². The number of nitrogens with one attached hydrogen (secondary N) is 1. The first kappa shape index (κ1) is 15.0. The standard InChI is InChI=1S/C15H32N2/c1-7-13(4)16-9-14(5)17-10-11(2)8-12(3)15(17)6/h11-16H,7-10H2,1-6H3. The predicted octanol–water partition coefficient (Wildman–Crippen LogP) is 3.13. The first-order chi connectivity index (χ1) is 7.95. The van der Waals surface area contributed by atoms with E-state index in [1.807, 2.05) is 0 Å². The monoisotopic (exact) mass is 240 g/mol. The van der Waals surface area contributed by atoms with Gasteiger partial charge in [0.15, 0.2) is 0 Å². The van der Waals surface area contributed by atoms with Crippen molar-refractivity contribution in [2.24, 2.45) is 11.8 Å². The minimum atomic E-state index is 0.646. The van der Waals surface area contributed by atoms with Gasteiger partial charge in [-0.3, -0.25) is 4.90 Å². The number of piperidine rings is 1. The highest BCUT2D eigenvalue weighted by atomic mass is 15.2. The van der Waals surface area contributed by atoms with Crippen molar-refractivity contribution in [2.75, 3.05) is 13.1 Å². The molecule has 102 valence electrons. The van der Waals surface area contributed by atoms with E-state index in [2.05, 4.69) is 51.8 Å². The molecule has 5 atom stereocenters. The number of likely N-dealkylation sites (tertiary alicyclic amines) is 1. The van der Waals surface area contributed by atoms with E-state index in [9.17, 15) is 0 Å². The Bertz CT molecular complexity index is 217. The Morgan fingerprint density at radius 1 is 1.24 bits per heavy atom. The van der Waals surface area contributed by atoms with E-state index < -0.39 is 0 Å². The summed E-state index contributed by atoms with van der Waals surface area (Å²) in [4.78, 5) is 2.70. The van der Waals surface area contributed by atoms with Crippen molar-refractivity contribution < 1.29 is 0 Å². The molecule has 17 heavy (non-hydrogen) atoms. The Morgan fingerprint density at radius 3 is 2.47 bits per heavy atom. The van der Waals surface area contributed by atoms with Crippen LogP contribution in [0.4, 0.5) is 0 Å². The summed E-state index contributed by atoms with van der Waals surface area (Å²) in [6.45, 7) is 16.5. The van der Waals surface area contributed by atoms with Gasteiger partial charge in [-0.1, -0.05) is 20.8 Å². The molecule has 0 spiro atoms. The fourth-order valence-electron chi connectivity index (χ4n) is 2.97. The molecule has 5 unspecified atom stereocenters. The fourth-order valence-corrected chi connectivity index (χ4v) is 2.97. The van der Waals surface area contributed by atoms with Crippen LogP contribution < -0.4 is 5.32 Å². The molecule has 0 radical (unpaired) electrons. The lowest BCUT2D eigenvalue weighted by Crippen LogP contribution is -2.53. The van der Waals surface area contributed by atoms with Crippen LogP contribution in [0.25, 0.3) is 0 Å². The van der Waals surface area contributed by atoms with Gasteiger partial charge in [0.05, 0.1) is 0 Å². The maximum absolute atomic E-state index is 3.64. The van der Waals surface area contributed by atoms with Crippen LogP contribution in [0.15, 0.2) is 0 Å². The molecule has 1 rings (SSSR count). The summed E-state index contributed by atoms with van der Waals surface area (Å²) in [5, 5.41) is 3.64. The zero-order valence-electron chi connectivity index (χ0n) is 12.7. The lowest BCUT2D eigenvalue weighted by Gasteiger charge is -2.44. The number of hydrogen-bond acceptors (Lipinski definition) is 2. The van der Waals surface area contributed by atoms with Gasteiger partial charge in [-0.25, -0.2) is 0 Å². The molecule has 0 amide bonds. The number of rotatable bonds is 5. The molecule has 1 saturated heterocycles. The van der Waals surface area contributed by atoms with Crippen LogP contribution >= 0.6 is 0 Å². The first-order valence-electron chi connectivity index (χ1n) is 7.44. The Balaban J connectivity index is 2.46. The average molecular weight is 240 g/mol. The van der Waals surface area contributed by atoms with Crippen molar-refractivity contribution in [2.45, 2.75) is 72.5 Å². The largest absolute Gasteiger partial charge is 0.313 e. The van der Waals surface area contributed by atoms with E-state index >= 15 is 0 Å². The smallest absolute Gasteiger partial charge is 0.0195 e. The quantitative estimate of drug-likeness (QED) is 0.794. The lowest BCUT2D eigenvalue weighted by atomic mass is 9.85. The Kier molecular flexibility index (Phi) is 5.94. The molecule has 0 aliphatic carbocycles. The van der Waals surface area contributed by atoms with Gasteiger partial charge in [-0.05, 0) is 45.4 Å². The van der Waals surface area contributed by atoms with Gasteiger partial charge in [-0.2, -0.15) is 0 Å². The number of hydrogen-bond donors (Lipinski definition) is 1. The minimum absolute atomic E-state index is 0.646. The molecule has 1 aliphatic rings. The van der Waals surface area contributed by atoms with Crippen molar-refractivity contribution in [1.29, 1.82) is 0 Å². The van der Waals surface area contributed by atoms with Crippen LogP contribution in [0.1, 0.15) is 54.4 Å². The van der Waals surface area contributed by atoms with Crippen LogP contribution in [-0.2, 0) is 0 Å². The molecule has 1 fully saturated rings. The lowest BCUT2D eigenvalue weighted by molar-refractivity contribution is 0.0457. The van der Waals surface area contributed by atoms with Gasteiger partial charge >= 0.3 is 0 Å². The van der Waals surface area contributed by atoms with Gasteiger partial charge in [0, 0.05) is 31.2 Å². The predicted molar refractivity (Wildman–Crippen MR) is 76.3 cm³/mol. The molecule has 2 nitrogen and oxygen atoms in total. The van der Waals surface area contributed by atoms with E-state index in [0.717, 1.165) is 24.4 Å². The third kappa shape index (κ3) is 4.26. The van der Waals surface area contributed by atoms with Crippen LogP contribution in [0.3, 0.4) is 0 Å². The second-order valence-electron chi connectivity index (χ2n) is 6.32. The molecule has 0 saturated carbocycles. The average Bonchev–Trinajstić information content (AvgIpc) is 2.30. The van der Waals surface area contributed by atoms with Gasteiger partial charge in [0.2, 0.25) is 0 Å². The molecule has 2 heteroatoms. The summed E-state index contributed by atoms with van der Waals surface area (Å²) in [5.74, 6) is 1.69. The third-order valence-corrected chi connectivity index (χ3v) is 4.58. The summed E-state index contributed by atoms with van der Waals surface area (Å²) in [6, 6.07) is 2.04. The molecular formula is C15H32N2. The molecule has 1 heterocycles. The van der Waals surface area contributed by atoms with Crippen molar-refractivity contribution in [3.05, 3.63) is 0 Å². The summed E-state index contributed by atoms with van der Waals surface area (Å²) in [7, 11) is 0. The Labute approximate surface area is 108 Å². The van der Waals surface area contributed by atoms with Gasteiger partial charge < -0.3 is 5.32 Å². The van der Waals surface area contributed by atoms with E-state index in [1.165, 1.54) is 19.4 Å². The minimum Gasteiger partial charge on any atom is -0.313 e. The second kappa shape index (κ2) is 6.75. The van der Waals surface area contributed by atoms with Crippen LogP contribution in [0, 0.1) is 11.8 Å². The first-order valence-corrected chi connectivity index (χ1v) is 7.44. The van der Waals surface area contributed by atoms with E-state index in [0.29, 0.717) is 12.1 Å². The number of nitrogens with zero attached hydrogens (tertiary/aromatic N) is 1. The van der Waals surface area contributed by atoms with Crippen molar-refractivity contribution in [3.63, 3.8) is 0 Å². The molecule has 0 aromatic heterocycles. The Hall–Kier alpha value is -0.0800.